The van der Waals surface area contributed by atoms with E-state index >= 15 is 0 Å². The molecule has 22 heavy (non-hydrogen) atoms. The van der Waals surface area contributed by atoms with Crippen LogP contribution in [-0.4, -0.2) is 23.2 Å². The lowest BCUT2D eigenvalue weighted by Crippen LogP contribution is -2.42. The van der Waals surface area contributed by atoms with Crippen molar-refractivity contribution >= 4 is 5.91 Å². The predicted molar refractivity (Wildman–Crippen MR) is 85.4 cm³/mol. The summed E-state index contributed by atoms with van der Waals surface area (Å²) in [7, 11) is 0. The lowest BCUT2D eigenvalue weighted by atomic mass is 10.0. The van der Waals surface area contributed by atoms with Gasteiger partial charge in [-0.1, -0.05) is 30.3 Å². The van der Waals surface area contributed by atoms with Gasteiger partial charge in [0, 0.05) is 19.4 Å². The highest BCUT2D eigenvalue weighted by Gasteiger charge is 2.23. The molecule has 0 radical (unpaired) electrons. The number of rotatable bonds is 8. The minimum atomic E-state index is -1.01. The van der Waals surface area contributed by atoms with Crippen LogP contribution in [0.5, 0.6) is 0 Å². The number of hydrogen-bond acceptors (Lipinski definition) is 3. The molecule has 0 bridgehead atoms. The lowest BCUT2D eigenvalue weighted by molar-refractivity contribution is -0.122. The summed E-state index contributed by atoms with van der Waals surface area (Å²) in [5.74, 6) is 0.680. The Kier molecular flexibility index (Phi) is 5.78. The normalized spacial score (nSPS) is 13.5. The maximum atomic E-state index is 11.8. The maximum absolute atomic E-state index is 11.8. The Morgan fingerprint density at radius 3 is 2.68 bits per heavy atom. The summed E-state index contributed by atoms with van der Waals surface area (Å²) in [5.41, 5.74) is 0.229. The van der Waals surface area contributed by atoms with Crippen LogP contribution in [0.4, 0.5) is 0 Å². The molecule has 118 valence electrons. The van der Waals surface area contributed by atoms with Crippen molar-refractivity contribution in [2.45, 2.75) is 38.2 Å². The second-order valence-corrected chi connectivity index (χ2v) is 5.87. The number of hydrogen-bond donors (Lipinski definition) is 2. The molecule has 0 fully saturated rings. The SMILES string of the molecule is C[C@](O)(CNC(=O)CCCc1ccccc1)Cc1ccco1. The van der Waals surface area contributed by atoms with Gasteiger partial charge in [-0.2, -0.15) is 0 Å². The molecule has 0 aliphatic heterocycles. The molecule has 0 unspecified atom stereocenters. The molecule has 2 N–H and O–H groups in total. The van der Waals surface area contributed by atoms with Gasteiger partial charge in [-0.25, -0.2) is 0 Å². The van der Waals surface area contributed by atoms with E-state index in [9.17, 15) is 9.90 Å². The summed E-state index contributed by atoms with van der Waals surface area (Å²) >= 11 is 0. The standard InChI is InChI=1S/C18H23NO3/c1-18(21,13-16-10-6-12-22-16)14-19-17(20)11-5-9-15-7-3-2-4-8-15/h2-4,6-8,10,12,21H,5,9,11,13-14H2,1H3,(H,19,20)/t18-/m1/s1. The Morgan fingerprint density at radius 2 is 2.00 bits per heavy atom. The van der Waals surface area contributed by atoms with E-state index in [1.54, 1.807) is 19.3 Å². The Balaban J connectivity index is 1.66. The largest absolute Gasteiger partial charge is 0.469 e. The zero-order chi connectivity index (χ0) is 15.8. The van der Waals surface area contributed by atoms with Crippen molar-refractivity contribution in [1.82, 2.24) is 5.32 Å². The van der Waals surface area contributed by atoms with Crippen molar-refractivity contribution in [2.75, 3.05) is 6.54 Å². The van der Waals surface area contributed by atoms with Crippen molar-refractivity contribution in [1.29, 1.82) is 0 Å². The number of nitrogens with one attached hydrogen (secondary N) is 1. The average Bonchev–Trinajstić information content (AvgIpc) is 2.99. The van der Waals surface area contributed by atoms with E-state index in [0.29, 0.717) is 18.6 Å². The molecule has 1 amide bonds. The van der Waals surface area contributed by atoms with Crippen LogP contribution in [0.3, 0.4) is 0 Å². The number of furan rings is 1. The molecular weight excluding hydrogens is 278 g/mol. The molecule has 1 aromatic heterocycles. The van der Waals surface area contributed by atoms with Crippen LogP contribution in [-0.2, 0) is 17.6 Å². The van der Waals surface area contributed by atoms with Gasteiger partial charge in [-0.3, -0.25) is 4.79 Å². The zero-order valence-corrected chi connectivity index (χ0v) is 12.9. The van der Waals surface area contributed by atoms with Crippen LogP contribution in [0.1, 0.15) is 31.1 Å². The van der Waals surface area contributed by atoms with Crippen molar-refractivity contribution < 1.29 is 14.3 Å². The second kappa shape index (κ2) is 7.80. The molecule has 1 heterocycles. The molecule has 0 saturated carbocycles. The monoisotopic (exact) mass is 301 g/mol. The highest BCUT2D eigenvalue weighted by Crippen LogP contribution is 2.13. The first-order valence-electron chi connectivity index (χ1n) is 7.60. The summed E-state index contributed by atoms with van der Waals surface area (Å²) in [6, 6.07) is 13.7. The van der Waals surface area contributed by atoms with Crippen molar-refractivity contribution in [3.63, 3.8) is 0 Å². The van der Waals surface area contributed by atoms with Crippen molar-refractivity contribution in [3.8, 4) is 0 Å². The van der Waals surface area contributed by atoms with E-state index in [4.69, 9.17) is 4.42 Å². The fourth-order valence-electron chi connectivity index (χ4n) is 2.33. The number of aliphatic hydroxyl groups is 1. The Morgan fingerprint density at radius 1 is 1.23 bits per heavy atom. The third-order valence-electron chi connectivity index (χ3n) is 3.51. The van der Waals surface area contributed by atoms with E-state index in [1.165, 1.54) is 5.56 Å². The van der Waals surface area contributed by atoms with Gasteiger partial charge in [0.25, 0.3) is 0 Å². The van der Waals surface area contributed by atoms with E-state index in [2.05, 4.69) is 17.4 Å². The first-order valence-corrected chi connectivity index (χ1v) is 7.60. The summed E-state index contributed by atoms with van der Waals surface area (Å²) < 4.78 is 5.22. The third-order valence-corrected chi connectivity index (χ3v) is 3.51. The predicted octanol–water partition coefficient (Wildman–Crippen LogP) is 2.71. The summed E-state index contributed by atoms with van der Waals surface area (Å²) in [4.78, 5) is 11.8. The fraction of sp³-hybridized carbons (Fsp3) is 0.389. The smallest absolute Gasteiger partial charge is 0.220 e. The lowest BCUT2D eigenvalue weighted by Gasteiger charge is -2.22. The second-order valence-electron chi connectivity index (χ2n) is 5.87. The topological polar surface area (TPSA) is 62.5 Å². The first-order chi connectivity index (χ1) is 10.6. The molecule has 4 heteroatoms. The number of benzene rings is 1. The molecule has 2 aromatic rings. The number of carbonyl (C=O) groups is 1. The van der Waals surface area contributed by atoms with Gasteiger partial charge in [-0.15, -0.1) is 0 Å². The zero-order valence-electron chi connectivity index (χ0n) is 12.9. The van der Waals surface area contributed by atoms with Crippen LogP contribution < -0.4 is 5.32 Å². The average molecular weight is 301 g/mol. The van der Waals surface area contributed by atoms with Gasteiger partial charge in [0.2, 0.25) is 5.91 Å². The minimum absolute atomic E-state index is 0.0318. The number of aryl methyl sites for hydroxylation is 1. The molecule has 0 aliphatic rings. The summed E-state index contributed by atoms with van der Waals surface area (Å²) in [5, 5.41) is 13.1. The van der Waals surface area contributed by atoms with E-state index in [1.807, 2.05) is 24.3 Å². The van der Waals surface area contributed by atoms with Gasteiger partial charge >= 0.3 is 0 Å². The number of carbonyl (C=O) groups excluding carboxylic acids is 1. The maximum Gasteiger partial charge on any atom is 0.220 e. The van der Waals surface area contributed by atoms with Gasteiger partial charge in [0.15, 0.2) is 0 Å². The molecule has 0 aliphatic carbocycles. The van der Waals surface area contributed by atoms with E-state index < -0.39 is 5.60 Å². The van der Waals surface area contributed by atoms with Crippen LogP contribution >= 0.6 is 0 Å². The fourth-order valence-corrected chi connectivity index (χ4v) is 2.33. The molecule has 2 rings (SSSR count). The summed E-state index contributed by atoms with van der Waals surface area (Å²) in [6.07, 6.45) is 4.11. The van der Waals surface area contributed by atoms with E-state index in [0.717, 1.165) is 12.8 Å². The molecule has 0 saturated heterocycles. The molecule has 1 atom stereocenters. The Bertz CT molecular complexity index is 561. The highest BCUT2D eigenvalue weighted by atomic mass is 16.3. The van der Waals surface area contributed by atoms with Crippen LogP contribution in [0.15, 0.2) is 53.1 Å². The third kappa shape index (κ3) is 5.74. The van der Waals surface area contributed by atoms with Gasteiger partial charge in [0.1, 0.15) is 5.76 Å². The summed E-state index contributed by atoms with van der Waals surface area (Å²) in [6.45, 7) is 1.91. The van der Waals surface area contributed by atoms with Gasteiger partial charge in [-0.05, 0) is 37.5 Å². The Hall–Kier alpha value is -2.07. The highest BCUT2D eigenvalue weighted by molar-refractivity contribution is 5.75. The first kappa shape index (κ1) is 16.3. The van der Waals surface area contributed by atoms with Crippen molar-refractivity contribution in [2.24, 2.45) is 0 Å². The van der Waals surface area contributed by atoms with Crippen LogP contribution in [0.25, 0.3) is 0 Å². The molecular formula is C18H23NO3. The van der Waals surface area contributed by atoms with Gasteiger partial charge < -0.3 is 14.8 Å². The molecule has 4 nitrogen and oxygen atoms in total. The quantitative estimate of drug-likeness (QED) is 0.788. The van der Waals surface area contributed by atoms with E-state index in [-0.39, 0.29) is 12.5 Å². The van der Waals surface area contributed by atoms with Gasteiger partial charge in [0.05, 0.1) is 11.9 Å². The van der Waals surface area contributed by atoms with Crippen molar-refractivity contribution in [3.05, 3.63) is 60.1 Å². The molecule has 0 spiro atoms. The Labute approximate surface area is 131 Å². The molecule has 1 aromatic carbocycles. The van der Waals surface area contributed by atoms with Crippen LogP contribution in [0, 0.1) is 0 Å². The van der Waals surface area contributed by atoms with Crippen LogP contribution in [0.2, 0.25) is 0 Å². The number of amides is 1. The minimum Gasteiger partial charge on any atom is -0.469 e.